The van der Waals surface area contributed by atoms with Crippen molar-refractivity contribution in [1.82, 2.24) is 10.2 Å². The van der Waals surface area contributed by atoms with Gasteiger partial charge in [0.25, 0.3) is 0 Å². The zero-order valence-corrected chi connectivity index (χ0v) is 10.8. The van der Waals surface area contributed by atoms with Gasteiger partial charge in [0.1, 0.15) is 5.54 Å². The predicted molar refractivity (Wildman–Crippen MR) is 63.0 cm³/mol. The van der Waals surface area contributed by atoms with E-state index in [2.05, 4.69) is 11.4 Å². The number of nitrogens with one attached hydrogen (secondary N) is 1. The second kappa shape index (κ2) is 5.89. The second-order valence-electron chi connectivity index (χ2n) is 4.80. The van der Waals surface area contributed by atoms with Gasteiger partial charge in [0.05, 0.1) is 12.6 Å². The molecule has 1 N–H and O–H groups in total. The first kappa shape index (κ1) is 15.3. The Morgan fingerprint density at radius 2 is 2.11 bits per heavy atom. The van der Waals surface area contributed by atoms with Crippen molar-refractivity contribution in [3.63, 3.8) is 0 Å². The average molecular weight is 263 g/mol. The van der Waals surface area contributed by atoms with Crippen LogP contribution >= 0.6 is 0 Å². The standard InChI is InChI=1S/C12H20F3N3/c1-3-17-11(8-16)6-5-10(7-11)18(4-2)9-12(13,14)15/h10,17H,3-7,9H2,1-2H3. The van der Waals surface area contributed by atoms with Crippen molar-refractivity contribution in [1.29, 1.82) is 5.26 Å². The summed E-state index contributed by atoms with van der Waals surface area (Å²) in [6.45, 7) is 3.76. The number of nitrogens with zero attached hydrogens (tertiary/aromatic N) is 2. The SMILES string of the molecule is CCNC1(C#N)CCC(N(CC)CC(F)(F)F)C1. The molecular formula is C12H20F3N3. The largest absolute Gasteiger partial charge is 0.401 e. The molecule has 0 radical (unpaired) electrons. The molecule has 104 valence electrons. The van der Waals surface area contributed by atoms with Crippen LogP contribution in [-0.2, 0) is 0 Å². The van der Waals surface area contributed by atoms with Crippen LogP contribution in [0, 0.1) is 11.3 Å². The van der Waals surface area contributed by atoms with Crippen molar-refractivity contribution < 1.29 is 13.2 Å². The molecule has 0 aromatic carbocycles. The number of hydrogen-bond donors (Lipinski definition) is 1. The number of rotatable bonds is 5. The van der Waals surface area contributed by atoms with Gasteiger partial charge < -0.3 is 0 Å². The lowest BCUT2D eigenvalue weighted by atomic mass is 9.99. The van der Waals surface area contributed by atoms with Gasteiger partial charge in [-0.2, -0.15) is 18.4 Å². The third-order valence-electron chi connectivity index (χ3n) is 3.52. The molecule has 1 aliphatic rings. The molecule has 3 nitrogen and oxygen atoms in total. The summed E-state index contributed by atoms with van der Waals surface area (Å²) in [6, 6.07) is 2.07. The quantitative estimate of drug-likeness (QED) is 0.827. The predicted octanol–water partition coefficient (Wildman–Crippen LogP) is 2.29. The van der Waals surface area contributed by atoms with Crippen LogP contribution in [0.1, 0.15) is 33.1 Å². The molecule has 1 aliphatic carbocycles. The summed E-state index contributed by atoms with van der Waals surface area (Å²) in [6.07, 6.45) is -2.44. The van der Waals surface area contributed by atoms with Gasteiger partial charge in [-0.15, -0.1) is 0 Å². The summed E-state index contributed by atoms with van der Waals surface area (Å²) in [4.78, 5) is 1.43. The molecule has 18 heavy (non-hydrogen) atoms. The van der Waals surface area contributed by atoms with Gasteiger partial charge in [-0.05, 0) is 32.4 Å². The average Bonchev–Trinajstić information content (AvgIpc) is 2.70. The van der Waals surface area contributed by atoms with Crippen LogP contribution in [0.5, 0.6) is 0 Å². The smallest absolute Gasteiger partial charge is 0.300 e. The van der Waals surface area contributed by atoms with E-state index in [1.54, 1.807) is 6.92 Å². The molecular weight excluding hydrogens is 243 g/mol. The fraction of sp³-hybridized carbons (Fsp3) is 0.917. The third-order valence-corrected chi connectivity index (χ3v) is 3.52. The molecule has 1 saturated carbocycles. The van der Waals surface area contributed by atoms with E-state index in [0.29, 0.717) is 32.4 Å². The van der Waals surface area contributed by atoms with E-state index in [9.17, 15) is 18.4 Å². The Morgan fingerprint density at radius 3 is 2.56 bits per heavy atom. The highest BCUT2D eigenvalue weighted by Gasteiger charge is 2.43. The summed E-state index contributed by atoms with van der Waals surface area (Å²) >= 11 is 0. The van der Waals surface area contributed by atoms with Gasteiger partial charge in [-0.3, -0.25) is 10.2 Å². The van der Waals surface area contributed by atoms with E-state index in [1.807, 2.05) is 6.92 Å². The summed E-state index contributed by atoms with van der Waals surface area (Å²) < 4.78 is 37.3. The summed E-state index contributed by atoms with van der Waals surface area (Å²) in [5.41, 5.74) is -0.640. The van der Waals surface area contributed by atoms with E-state index in [0.717, 1.165) is 0 Å². The maximum atomic E-state index is 12.4. The molecule has 2 atom stereocenters. The molecule has 2 unspecified atom stereocenters. The molecule has 0 amide bonds. The van der Waals surface area contributed by atoms with Crippen LogP contribution in [0.15, 0.2) is 0 Å². The van der Waals surface area contributed by atoms with Crippen LogP contribution in [0.2, 0.25) is 0 Å². The fourth-order valence-corrected chi connectivity index (χ4v) is 2.70. The van der Waals surface area contributed by atoms with E-state index in [4.69, 9.17) is 0 Å². The molecule has 0 saturated heterocycles. The first-order chi connectivity index (χ1) is 8.36. The van der Waals surface area contributed by atoms with Gasteiger partial charge in [-0.25, -0.2) is 0 Å². The maximum absolute atomic E-state index is 12.4. The molecule has 0 heterocycles. The molecule has 0 aliphatic heterocycles. The monoisotopic (exact) mass is 263 g/mol. The molecule has 0 spiro atoms. The van der Waals surface area contributed by atoms with Crippen molar-refractivity contribution >= 4 is 0 Å². The van der Waals surface area contributed by atoms with Crippen LogP contribution in [-0.4, -0.2) is 42.3 Å². The molecule has 6 heteroatoms. The topological polar surface area (TPSA) is 39.1 Å². The summed E-state index contributed by atoms with van der Waals surface area (Å²) in [5.74, 6) is 0. The number of alkyl halides is 3. The highest BCUT2D eigenvalue weighted by atomic mass is 19.4. The van der Waals surface area contributed by atoms with Gasteiger partial charge >= 0.3 is 6.18 Å². The number of halogens is 3. The van der Waals surface area contributed by atoms with E-state index >= 15 is 0 Å². The van der Waals surface area contributed by atoms with E-state index < -0.39 is 18.3 Å². The van der Waals surface area contributed by atoms with Crippen molar-refractivity contribution in [3.8, 4) is 6.07 Å². The Hall–Kier alpha value is -0.800. The minimum absolute atomic E-state index is 0.157. The van der Waals surface area contributed by atoms with Crippen LogP contribution < -0.4 is 5.32 Å². The lowest BCUT2D eigenvalue weighted by Gasteiger charge is -2.29. The lowest BCUT2D eigenvalue weighted by molar-refractivity contribution is -0.150. The molecule has 0 aromatic rings. The molecule has 0 aromatic heterocycles. The Bertz CT molecular complexity index is 311. The highest BCUT2D eigenvalue weighted by Crippen LogP contribution is 2.33. The zero-order valence-electron chi connectivity index (χ0n) is 10.8. The van der Waals surface area contributed by atoms with Gasteiger partial charge in [0.2, 0.25) is 0 Å². The van der Waals surface area contributed by atoms with Crippen molar-refractivity contribution in [2.24, 2.45) is 0 Å². The Labute approximate surface area is 106 Å². The fourth-order valence-electron chi connectivity index (χ4n) is 2.70. The first-order valence-electron chi connectivity index (χ1n) is 6.33. The minimum Gasteiger partial charge on any atom is -0.300 e. The molecule has 0 bridgehead atoms. The van der Waals surface area contributed by atoms with Crippen molar-refractivity contribution in [2.45, 2.75) is 50.9 Å². The van der Waals surface area contributed by atoms with Crippen molar-refractivity contribution in [3.05, 3.63) is 0 Å². The summed E-state index contributed by atoms with van der Waals surface area (Å²) in [5, 5.41) is 12.3. The molecule has 1 fully saturated rings. The zero-order chi connectivity index (χ0) is 13.8. The Morgan fingerprint density at radius 1 is 1.44 bits per heavy atom. The lowest BCUT2D eigenvalue weighted by Crippen LogP contribution is -2.45. The molecule has 1 rings (SSSR count). The van der Waals surface area contributed by atoms with Gasteiger partial charge in [0, 0.05) is 6.04 Å². The van der Waals surface area contributed by atoms with E-state index in [1.165, 1.54) is 4.90 Å². The summed E-state index contributed by atoms with van der Waals surface area (Å²) in [7, 11) is 0. The van der Waals surface area contributed by atoms with Crippen LogP contribution in [0.25, 0.3) is 0 Å². The highest BCUT2D eigenvalue weighted by molar-refractivity contribution is 5.13. The first-order valence-corrected chi connectivity index (χ1v) is 6.33. The maximum Gasteiger partial charge on any atom is 0.401 e. The second-order valence-corrected chi connectivity index (χ2v) is 4.80. The van der Waals surface area contributed by atoms with Crippen molar-refractivity contribution in [2.75, 3.05) is 19.6 Å². The minimum atomic E-state index is -4.17. The number of nitriles is 1. The van der Waals surface area contributed by atoms with Gasteiger partial charge in [-0.1, -0.05) is 13.8 Å². The Balaban J connectivity index is 2.66. The van der Waals surface area contributed by atoms with Gasteiger partial charge in [0.15, 0.2) is 0 Å². The Kier molecular flexibility index (Phi) is 5.00. The van der Waals surface area contributed by atoms with E-state index in [-0.39, 0.29) is 6.04 Å². The normalized spacial score (nSPS) is 28.6. The number of hydrogen-bond acceptors (Lipinski definition) is 3. The third kappa shape index (κ3) is 3.85. The van der Waals surface area contributed by atoms with Crippen LogP contribution in [0.3, 0.4) is 0 Å². The van der Waals surface area contributed by atoms with Crippen LogP contribution in [0.4, 0.5) is 13.2 Å².